The molecule has 124 valence electrons. The van der Waals surface area contributed by atoms with Gasteiger partial charge in [0.25, 0.3) is 0 Å². The molecule has 0 saturated heterocycles. The molecular formula is C17H23FN4S. The lowest BCUT2D eigenvalue weighted by atomic mass is 10.1. The van der Waals surface area contributed by atoms with Gasteiger partial charge in [-0.25, -0.2) is 9.38 Å². The summed E-state index contributed by atoms with van der Waals surface area (Å²) >= 11 is 1.73. The highest BCUT2D eigenvalue weighted by Crippen LogP contribution is 2.13. The van der Waals surface area contributed by atoms with Gasteiger partial charge in [-0.2, -0.15) is 0 Å². The summed E-state index contributed by atoms with van der Waals surface area (Å²) < 4.78 is 13.7. The van der Waals surface area contributed by atoms with Crippen LogP contribution in [0, 0.1) is 5.82 Å². The molecule has 0 aliphatic carbocycles. The minimum Gasteiger partial charge on any atom is -0.370 e. The Morgan fingerprint density at radius 3 is 2.87 bits per heavy atom. The number of hydrogen-bond donors (Lipinski definition) is 2. The van der Waals surface area contributed by atoms with Gasteiger partial charge in [0.15, 0.2) is 5.96 Å². The van der Waals surface area contributed by atoms with Crippen LogP contribution in [0.4, 0.5) is 4.39 Å². The molecule has 0 spiro atoms. The Morgan fingerprint density at radius 2 is 2.17 bits per heavy atom. The molecule has 1 aromatic heterocycles. The van der Waals surface area contributed by atoms with Crippen LogP contribution in [0.1, 0.15) is 16.0 Å². The number of rotatable bonds is 7. The van der Waals surface area contributed by atoms with Crippen molar-refractivity contribution in [2.75, 3.05) is 20.6 Å². The van der Waals surface area contributed by atoms with Crippen LogP contribution < -0.4 is 11.1 Å². The Labute approximate surface area is 140 Å². The van der Waals surface area contributed by atoms with Crippen LogP contribution in [0.15, 0.2) is 40.7 Å². The maximum Gasteiger partial charge on any atom is 0.188 e. The van der Waals surface area contributed by atoms with Crippen LogP contribution in [-0.4, -0.2) is 31.5 Å². The molecule has 0 amide bonds. The molecule has 0 saturated carbocycles. The molecule has 2 rings (SSSR count). The second-order valence-electron chi connectivity index (χ2n) is 5.62. The molecule has 0 fully saturated rings. The fraction of sp³-hybridized carbons (Fsp3) is 0.353. The van der Waals surface area contributed by atoms with E-state index in [1.54, 1.807) is 17.4 Å². The lowest BCUT2D eigenvalue weighted by Gasteiger charge is -2.11. The second kappa shape index (κ2) is 8.64. The normalized spacial score (nSPS) is 11.9. The van der Waals surface area contributed by atoms with Crippen molar-refractivity contribution >= 4 is 17.3 Å². The van der Waals surface area contributed by atoms with Crippen molar-refractivity contribution in [3.8, 4) is 0 Å². The summed E-state index contributed by atoms with van der Waals surface area (Å²) in [4.78, 5) is 7.57. The quantitative estimate of drug-likeness (QED) is 0.604. The molecule has 0 unspecified atom stereocenters. The minimum atomic E-state index is -0.187. The number of guanidine groups is 1. The van der Waals surface area contributed by atoms with Crippen molar-refractivity contribution in [1.29, 1.82) is 0 Å². The minimum absolute atomic E-state index is 0.187. The van der Waals surface area contributed by atoms with Gasteiger partial charge in [-0.15, -0.1) is 11.3 Å². The topological polar surface area (TPSA) is 53.6 Å². The van der Waals surface area contributed by atoms with E-state index in [1.165, 1.54) is 10.9 Å². The van der Waals surface area contributed by atoms with E-state index in [1.807, 2.05) is 31.1 Å². The lowest BCUT2D eigenvalue weighted by molar-refractivity contribution is 0.392. The number of benzene rings is 1. The van der Waals surface area contributed by atoms with E-state index in [0.717, 1.165) is 18.5 Å². The predicted molar refractivity (Wildman–Crippen MR) is 95.1 cm³/mol. The Bertz CT molecular complexity index is 638. The van der Waals surface area contributed by atoms with Crippen molar-refractivity contribution in [2.45, 2.75) is 19.5 Å². The lowest BCUT2D eigenvalue weighted by Crippen LogP contribution is -2.33. The Hall–Kier alpha value is -1.92. The average molecular weight is 334 g/mol. The van der Waals surface area contributed by atoms with Crippen molar-refractivity contribution in [3.63, 3.8) is 0 Å². The number of hydrogen-bond acceptors (Lipinski definition) is 3. The van der Waals surface area contributed by atoms with Crippen molar-refractivity contribution in [2.24, 2.45) is 10.7 Å². The average Bonchev–Trinajstić information content (AvgIpc) is 3.01. The van der Waals surface area contributed by atoms with Crippen LogP contribution in [0.2, 0.25) is 0 Å². The molecule has 6 heteroatoms. The zero-order valence-electron chi connectivity index (χ0n) is 13.6. The molecule has 1 heterocycles. The van der Waals surface area contributed by atoms with Crippen LogP contribution in [-0.2, 0) is 19.5 Å². The highest BCUT2D eigenvalue weighted by Gasteiger charge is 2.05. The molecule has 1 aromatic carbocycles. The highest BCUT2D eigenvalue weighted by molar-refractivity contribution is 7.09. The van der Waals surface area contributed by atoms with Gasteiger partial charge in [0.1, 0.15) is 5.82 Å². The van der Waals surface area contributed by atoms with E-state index >= 15 is 0 Å². The molecule has 23 heavy (non-hydrogen) atoms. The standard InChI is InChI=1S/C17H23FN4S/c1-22(2)12-14-10-13(5-6-16(14)18)11-21-17(19)20-8-7-15-4-3-9-23-15/h3-6,9-10H,7-8,11-12H2,1-2H3,(H3,19,20,21). The third-order valence-electron chi connectivity index (χ3n) is 3.29. The van der Waals surface area contributed by atoms with E-state index in [2.05, 4.69) is 21.8 Å². The summed E-state index contributed by atoms with van der Waals surface area (Å²) in [6, 6.07) is 9.22. The first kappa shape index (κ1) is 17.4. The first-order chi connectivity index (χ1) is 11.0. The van der Waals surface area contributed by atoms with Gasteiger partial charge in [0.05, 0.1) is 6.54 Å². The zero-order chi connectivity index (χ0) is 16.7. The van der Waals surface area contributed by atoms with Gasteiger partial charge >= 0.3 is 0 Å². The fourth-order valence-corrected chi connectivity index (χ4v) is 2.90. The van der Waals surface area contributed by atoms with Gasteiger partial charge < -0.3 is 16.0 Å². The summed E-state index contributed by atoms with van der Waals surface area (Å²) in [6.45, 7) is 1.77. The number of nitrogens with zero attached hydrogens (tertiary/aromatic N) is 2. The molecule has 2 aromatic rings. The summed E-state index contributed by atoms with van der Waals surface area (Å²) in [5.41, 5.74) is 7.49. The van der Waals surface area contributed by atoms with Gasteiger partial charge in [-0.05, 0) is 49.7 Å². The van der Waals surface area contributed by atoms with Crippen molar-refractivity contribution < 1.29 is 4.39 Å². The Balaban J connectivity index is 1.85. The largest absolute Gasteiger partial charge is 0.370 e. The van der Waals surface area contributed by atoms with E-state index in [0.29, 0.717) is 24.6 Å². The monoisotopic (exact) mass is 334 g/mol. The molecule has 0 aliphatic heterocycles. The molecular weight excluding hydrogens is 311 g/mol. The van der Waals surface area contributed by atoms with Crippen molar-refractivity contribution in [3.05, 3.63) is 57.5 Å². The van der Waals surface area contributed by atoms with Crippen LogP contribution in [0.25, 0.3) is 0 Å². The Morgan fingerprint density at radius 1 is 1.35 bits per heavy atom. The van der Waals surface area contributed by atoms with E-state index in [-0.39, 0.29) is 5.82 Å². The van der Waals surface area contributed by atoms with E-state index in [4.69, 9.17) is 5.73 Å². The predicted octanol–water partition coefficient (Wildman–Crippen LogP) is 2.60. The maximum absolute atomic E-state index is 13.7. The second-order valence-corrected chi connectivity index (χ2v) is 6.65. The maximum atomic E-state index is 13.7. The van der Waals surface area contributed by atoms with E-state index in [9.17, 15) is 4.39 Å². The summed E-state index contributed by atoms with van der Waals surface area (Å²) in [5, 5.41) is 5.16. The van der Waals surface area contributed by atoms with Gasteiger partial charge in [0, 0.05) is 23.5 Å². The fourth-order valence-electron chi connectivity index (χ4n) is 2.19. The molecule has 0 aliphatic rings. The first-order valence-corrected chi connectivity index (χ1v) is 8.41. The third-order valence-corrected chi connectivity index (χ3v) is 4.22. The van der Waals surface area contributed by atoms with Crippen LogP contribution in [0.3, 0.4) is 0 Å². The van der Waals surface area contributed by atoms with Gasteiger partial charge in [-0.3, -0.25) is 0 Å². The third kappa shape index (κ3) is 6.00. The summed E-state index contributed by atoms with van der Waals surface area (Å²) in [7, 11) is 3.83. The molecule has 0 radical (unpaired) electrons. The van der Waals surface area contributed by atoms with Crippen molar-refractivity contribution in [1.82, 2.24) is 10.2 Å². The molecule has 0 atom stereocenters. The molecule has 3 N–H and O–H groups in total. The van der Waals surface area contributed by atoms with Crippen LogP contribution >= 0.6 is 11.3 Å². The molecule has 0 bridgehead atoms. The number of aliphatic imine (C=N–C) groups is 1. The Kier molecular flexibility index (Phi) is 6.55. The number of nitrogens with two attached hydrogens (primary N) is 1. The zero-order valence-corrected chi connectivity index (χ0v) is 14.4. The van der Waals surface area contributed by atoms with Gasteiger partial charge in [-0.1, -0.05) is 12.1 Å². The highest BCUT2D eigenvalue weighted by atomic mass is 32.1. The van der Waals surface area contributed by atoms with Crippen LogP contribution in [0.5, 0.6) is 0 Å². The molecule has 4 nitrogen and oxygen atoms in total. The number of halogens is 1. The van der Waals surface area contributed by atoms with E-state index < -0.39 is 0 Å². The number of nitrogens with one attached hydrogen (secondary N) is 1. The summed E-state index contributed by atoms with van der Waals surface area (Å²) in [6.07, 6.45) is 0.928. The SMILES string of the molecule is CN(C)Cc1cc(CN=C(N)NCCc2cccs2)ccc1F. The smallest absolute Gasteiger partial charge is 0.188 e. The van der Waals surface area contributed by atoms with Gasteiger partial charge in [0.2, 0.25) is 0 Å². The number of thiophene rings is 1. The summed E-state index contributed by atoms with van der Waals surface area (Å²) in [5.74, 6) is 0.230. The first-order valence-electron chi connectivity index (χ1n) is 7.53.